The van der Waals surface area contributed by atoms with Gasteiger partial charge in [-0.05, 0) is 47.3 Å². The molecular weight excluding hydrogens is 348 g/mol. The molecule has 1 aromatic rings. The molecule has 1 atom stereocenters. The van der Waals surface area contributed by atoms with Gasteiger partial charge in [0.15, 0.2) is 0 Å². The molecule has 20 heavy (non-hydrogen) atoms. The Balaban J connectivity index is 2.25. The van der Waals surface area contributed by atoms with E-state index < -0.39 is 22.2 Å². The van der Waals surface area contributed by atoms with Crippen molar-refractivity contribution in [1.29, 1.82) is 0 Å². The zero-order chi connectivity index (χ0) is 14.8. The lowest BCUT2D eigenvalue weighted by Gasteiger charge is -2.32. The monoisotopic (exact) mass is 362 g/mol. The van der Waals surface area contributed by atoms with E-state index in [0.717, 1.165) is 10.7 Å². The highest BCUT2D eigenvalue weighted by atomic mass is 79.9. The molecule has 1 aliphatic heterocycles. The summed E-state index contributed by atoms with van der Waals surface area (Å²) in [7, 11) is -3.88. The van der Waals surface area contributed by atoms with Crippen molar-refractivity contribution >= 4 is 37.8 Å². The van der Waals surface area contributed by atoms with Crippen LogP contribution in [-0.2, 0) is 15.0 Å². The van der Waals surface area contributed by atoms with Crippen molar-refractivity contribution < 1.29 is 18.3 Å². The van der Waals surface area contributed by atoms with Crippen LogP contribution in [0.2, 0.25) is 0 Å². The van der Waals surface area contributed by atoms with Gasteiger partial charge in [0, 0.05) is 11.0 Å². The number of hydrogen-bond acceptors (Lipinski definition) is 3. The number of aliphatic carboxylic acids is 1. The highest BCUT2D eigenvalue weighted by molar-refractivity contribution is 9.10. The molecular formula is C12H15BrN2O4S. The first-order chi connectivity index (χ1) is 9.42. The van der Waals surface area contributed by atoms with Gasteiger partial charge in [0.2, 0.25) is 0 Å². The number of carboxylic acid groups (broad SMARTS) is 1. The van der Waals surface area contributed by atoms with Gasteiger partial charge < -0.3 is 5.11 Å². The molecule has 1 aromatic carbocycles. The second kappa shape index (κ2) is 6.11. The Morgan fingerprint density at radius 2 is 2.05 bits per heavy atom. The first kappa shape index (κ1) is 15.3. The van der Waals surface area contributed by atoms with Gasteiger partial charge in [-0.15, -0.1) is 0 Å². The van der Waals surface area contributed by atoms with Crippen LogP contribution in [0.25, 0.3) is 0 Å². The van der Waals surface area contributed by atoms with Crippen molar-refractivity contribution in [1.82, 2.24) is 4.31 Å². The van der Waals surface area contributed by atoms with Crippen LogP contribution in [0.1, 0.15) is 19.3 Å². The summed E-state index contributed by atoms with van der Waals surface area (Å²) in [6.07, 6.45) is 1.73. The van der Waals surface area contributed by atoms with E-state index in [-0.39, 0.29) is 6.54 Å². The number of nitrogens with one attached hydrogen (secondary N) is 1. The van der Waals surface area contributed by atoms with E-state index >= 15 is 0 Å². The summed E-state index contributed by atoms with van der Waals surface area (Å²) in [6, 6.07) is 5.80. The number of benzene rings is 1. The molecule has 1 saturated heterocycles. The molecule has 0 bridgehead atoms. The summed E-state index contributed by atoms with van der Waals surface area (Å²) in [4.78, 5) is 11.2. The second-order valence-electron chi connectivity index (χ2n) is 4.55. The van der Waals surface area contributed by atoms with Crippen molar-refractivity contribution in [3.8, 4) is 0 Å². The molecule has 1 fully saturated rings. The summed E-state index contributed by atoms with van der Waals surface area (Å²) >= 11 is 3.26. The van der Waals surface area contributed by atoms with Crippen LogP contribution in [0.15, 0.2) is 28.7 Å². The first-order valence-corrected chi connectivity index (χ1v) is 8.42. The average Bonchev–Trinajstić information content (AvgIpc) is 2.41. The lowest BCUT2D eigenvalue weighted by atomic mass is 10.1. The number of carbonyl (C=O) groups is 1. The topological polar surface area (TPSA) is 86.7 Å². The number of nitrogens with zero attached hydrogens (tertiary/aromatic N) is 1. The van der Waals surface area contributed by atoms with Gasteiger partial charge in [-0.1, -0.05) is 12.1 Å². The zero-order valence-corrected chi connectivity index (χ0v) is 13.0. The van der Waals surface area contributed by atoms with Crippen LogP contribution in [0.3, 0.4) is 0 Å². The maximum atomic E-state index is 12.4. The SMILES string of the molecule is O=C(O)C1CCCCN1S(=O)(=O)Nc1ccccc1Br. The fraction of sp³-hybridized carbons (Fsp3) is 0.417. The Morgan fingerprint density at radius 1 is 1.35 bits per heavy atom. The third-order valence-electron chi connectivity index (χ3n) is 3.16. The number of halogens is 1. The average molecular weight is 363 g/mol. The largest absolute Gasteiger partial charge is 0.480 e. The highest BCUT2D eigenvalue weighted by Gasteiger charge is 2.36. The molecule has 1 unspecified atom stereocenters. The predicted octanol–water partition coefficient (Wildman–Crippen LogP) is 2.04. The van der Waals surface area contributed by atoms with Crippen molar-refractivity contribution in [2.45, 2.75) is 25.3 Å². The van der Waals surface area contributed by atoms with Crippen LogP contribution in [0, 0.1) is 0 Å². The molecule has 0 amide bonds. The Labute approximate surface area is 126 Å². The molecule has 1 heterocycles. The normalized spacial score (nSPS) is 20.6. The summed E-state index contributed by atoms with van der Waals surface area (Å²) in [6.45, 7) is 0.219. The fourth-order valence-corrected chi connectivity index (χ4v) is 4.17. The molecule has 2 N–H and O–H groups in total. The number of para-hydroxylation sites is 1. The predicted molar refractivity (Wildman–Crippen MR) is 78.7 cm³/mol. The highest BCUT2D eigenvalue weighted by Crippen LogP contribution is 2.26. The van der Waals surface area contributed by atoms with Crippen molar-refractivity contribution in [3.63, 3.8) is 0 Å². The number of anilines is 1. The van der Waals surface area contributed by atoms with E-state index in [1.54, 1.807) is 24.3 Å². The molecule has 0 spiro atoms. The lowest BCUT2D eigenvalue weighted by molar-refractivity contribution is -0.142. The number of rotatable bonds is 4. The standard InChI is InChI=1S/C12H15BrN2O4S/c13-9-5-1-2-6-10(9)14-20(18,19)15-8-4-3-7-11(15)12(16)17/h1-2,5-6,11,14H,3-4,7-8H2,(H,16,17). The minimum Gasteiger partial charge on any atom is -0.480 e. The molecule has 2 rings (SSSR count). The summed E-state index contributed by atoms with van der Waals surface area (Å²) < 4.78 is 28.8. The van der Waals surface area contributed by atoms with Gasteiger partial charge in [0.05, 0.1) is 5.69 Å². The van der Waals surface area contributed by atoms with E-state index in [1.165, 1.54) is 0 Å². The smallest absolute Gasteiger partial charge is 0.322 e. The van der Waals surface area contributed by atoms with Gasteiger partial charge in [0.25, 0.3) is 0 Å². The van der Waals surface area contributed by atoms with Crippen molar-refractivity contribution in [2.75, 3.05) is 11.3 Å². The molecule has 0 aliphatic carbocycles. The van der Waals surface area contributed by atoms with Crippen LogP contribution >= 0.6 is 15.9 Å². The van der Waals surface area contributed by atoms with Gasteiger partial charge in [-0.2, -0.15) is 12.7 Å². The third-order valence-corrected chi connectivity index (χ3v) is 5.38. The molecule has 8 heteroatoms. The Bertz CT molecular complexity index is 605. The number of carboxylic acids is 1. The molecule has 6 nitrogen and oxygen atoms in total. The fourth-order valence-electron chi connectivity index (χ4n) is 2.18. The van der Waals surface area contributed by atoms with E-state index in [9.17, 15) is 13.2 Å². The molecule has 0 saturated carbocycles. The van der Waals surface area contributed by atoms with E-state index in [2.05, 4.69) is 20.7 Å². The lowest BCUT2D eigenvalue weighted by Crippen LogP contribution is -2.49. The Kier molecular flexibility index (Phi) is 4.66. The van der Waals surface area contributed by atoms with E-state index in [4.69, 9.17) is 5.11 Å². The molecule has 1 aliphatic rings. The first-order valence-electron chi connectivity index (χ1n) is 6.19. The van der Waals surface area contributed by atoms with Crippen molar-refractivity contribution in [3.05, 3.63) is 28.7 Å². The summed E-state index contributed by atoms with van der Waals surface area (Å²) in [5.41, 5.74) is 0.391. The van der Waals surface area contributed by atoms with Crippen LogP contribution < -0.4 is 4.72 Å². The van der Waals surface area contributed by atoms with Gasteiger partial charge in [0.1, 0.15) is 6.04 Å². The maximum Gasteiger partial charge on any atom is 0.322 e. The minimum absolute atomic E-state index is 0.219. The second-order valence-corrected chi connectivity index (χ2v) is 7.03. The third kappa shape index (κ3) is 3.31. The maximum absolute atomic E-state index is 12.4. The minimum atomic E-state index is -3.88. The van der Waals surface area contributed by atoms with Gasteiger partial charge in [-0.25, -0.2) is 0 Å². The van der Waals surface area contributed by atoms with Gasteiger partial charge in [-0.3, -0.25) is 9.52 Å². The van der Waals surface area contributed by atoms with Crippen LogP contribution in [0.4, 0.5) is 5.69 Å². The van der Waals surface area contributed by atoms with E-state index in [1.807, 2.05) is 0 Å². The Morgan fingerprint density at radius 3 is 2.70 bits per heavy atom. The van der Waals surface area contributed by atoms with Crippen LogP contribution in [-0.4, -0.2) is 36.4 Å². The van der Waals surface area contributed by atoms with Crippen molar-refractivity contribution in [2.24, 2.45) is 0 Å². The van der Waals surface area contributed by atoms with Crippen LogP contribution in [0.5, 0.6) is 0 Å². The molecule has 0 aromatic heterocycles. The Hall–Kier alpha value is -1.12. The summed E-state index contributed by atoms with van der Waals surface area (Å²) in [5.74, 6) is -1.11. The number of piperidine rings is 1. The summed E-state index contributed by atoms with van der Waals surface area (Å²) in [5, 5.41) is 9.15. The molecule has 110 valence electrons. The number of hydrogen-bond donors (Lipinski definition) is 2. The van der Waals surface area contributed by atoms with Gasteiger partial charge >= 0.3 is 16.2 Å². The zero-order valence-electron chi connectivity index (χ0n) is 10.6. The van der Waals surface area contributed by atoms with E-state index in [0.29, 0.717) is 23.0 Å². The quantitative estimate of drug-likeness (QED) is 0.857. The molecule has 0 radical (unpaired) electrons.